The van der Waals surface area contributed by atoms with Crippen LogP contribution in [0, 0.1) is 5.92 Å². The van der Waals surface area contributed by atoms with Gasteiger partial charge in [0.25, 0.3) is 5.91 Å². The zero-order chi connectivity index (χ0) is 13.8. The predicted molar refractivity (Wildman–Crippen MR) is 70.1 cm³/mol. The summed E-state index contributed by atoms with van der Waals surface area (Å²) in [4.78, 5) is 12.1. The van der Waals surface area contributed by atoms with Gasteiger partial charge in [-0.2, -0.15) is 0 Å². The summed E-state index contributed by atoms with van der Waals surface area (Å²) in [6.45, 7) is -0.0534. The van der Waals surface area contributed by atoms with Crippen molar-refractivity contribution >= 4 is 5.91 Å². The summed E-state index contributed by atoms with van der Waals surface area (Å²) in [5.74, 6) is 0.161. The number of hydrogen-bond donors (Lipinski definition) is 3. The summed E-state index contributed by atoms with van der Waals surface area (Å²) >= 11 is 0. The van der Waals surface area contributed by atoms with Crippen molar-refractivity contribution in [3.05, 3.63) is 29.8 Å². The molecule has 0 aliphatic heterocycles. The van der Waals surface area contributed by atoms with E-state index in [4.69, 9.17) is 9.84 Å². The fourth-order valence-corrected chi connectivity index (χ4v) is 2.51. The number of para-hydroxylation sites is 1. The number of ether oxygens (including phenoxy) is 1. The molecule has 0 unspecified atom stereocenters. The van der Waals surface area contributed by atoms with Crippen molar-refractivity contribution in [2.24, 2.45) is 5.92 Å². The van der Waals surface area contributed by atoms with Crippen molar-refractivity contribution in [3.63, 3.8) is 0 Å². The Balaban J connectivity index is 2.02. The predicted octanol–water partition coefficient (Wildman–Crippen LogP) is 0.557. The molecule has 0 radical (unpaired) electrons. The second kappa shape index (κ2) is 6.04. The van der Waals surface area contributed by atoms with Gasteiger partial charge < -0.3 is 20.3 Å². The molecule has 104 valence electrons. The van der Waals surface area contributed by atoms with Gasteiger partial charge in [0.05, 0.1) is 18.8 Å². The molecule has 19 heavy (non-hydrogen) atoms. The first-order valence-electron chi connectivity index (χ1n) is 6.38. The van der Waals surface area contributed by atoms with Crippen LogP contribution < -0.4 is 10.1 Å². The fraction of sp³-hybridized carbons (Fsp3) is 0.500. The van der Waals surface area contributed by atoms with Gasteiger partial charge in [-0.3, -0.25) is 4.79 Å². The Hall–Kier alpha value is -1.59. The monoisotopic (exact) mass is 265 g/mol. The number of methoxy groups -OCH3 is 1. The highest BCUT2D eigenvalue weighted by Crippen LogP contribution is 2.26. The lowest BCUT2D eigenvalue weighted by atomic mass is 10.1. The largest absolute Gasteiger partial charge is 0.496 e. The number of carbonyl (C=O) groups excluding carboxylic acids is 1. The number of amides is 1. The molecule has 3 atom stereocenters. The van der Waals surface area contributed by atoms with Crippen LogP contribution in [0.3, 0.4) is 0 Å². The fourth-order valence-electron chi connectivity index (χ4n) is 2.51. The van der Waals surface area contributed by atoms with Gasteiger partial charge in [-0.05, 0) is 25.0 Å². The third kappa shape index (κ3) is 3.05. The molecule has 0 saturated heterocycles. The first-order chi connectivity index (χ1) is 9.15. The molecule has 5 nitrogen and oxygen atoms in total. The Labute approximate surface area is 112 Å². The van der Waals surface area contributed by atoms with E-state index in [1.54, 1.807) is 24.3 Å². The maximum Gasteiger partial charge on any atom is 0.255 e. The van der Waals surface area contributed by atoms with E-state index in [0.717, 1.165) is 0 Å². The van der Waals surface area contributed by atoms with Crippen molar-refractivity contribution in [1.82, 2.24) is 5.32 Å². The second-order valence-electron chi connectivity index (χ2n) is 4.85. The lowest BCUT2D eigenvalue weighted by Crippen LogP contribution is -2.33. The highest BCUT2D eigenvalue weighted by atomic mass is 16.5. The quantitative estimate of drug-likeness (QED) is 0.743. The smallest absolute Gasteiger partial charge is 0.255 e. The minimum atomic E-state index is -0.548. The lowest BCUT2D eigenvalue weighted by molar-refractivity contribution is 0.0903. The van der Waals surface area contributed by atoms with Crippen molar-refractivity contribution in [2.45, 2.75) is 25.0 Å². The van der Waals surface area contributed by atoms with Crippen molar-refractivity contribution in [1.29, 1.82) is 0 Å². The summed E-state index contributed by atoms with van der Waals surface area (Å²) in [5.41, 5.74) is 0.479. The maximum atomic E-state index is 12.1. The normalized spacial score (nSPS) is 26.2. The highest BCUT2D eigenvalue weighted by molar-refractivity contribution is 5.97. The molecule has 0 heterocycles. The number of aliphatic hydroxyl groups excluding tert-OH is 2. The molecule has 3 N–H and O–H groups in total. The first-order valence-corrected chi connectivity index (χ1v) is 6.38. The molecule has 1 aliphatic carbocycles. The zero-order valence-corrected chi connectivity index (χ0v) is 10.9. The molecule has 2 rings (SSSR count). The van der Waals surface area contributed by atoms with Gasteiger partial charge in [-0.1, -0.05) is 12.1 Å². The molecule has 1 amide bonds. The number of rotatable bonds is 4. The average Bonchev–Trinajstić information content (AvgIpc) is 2.78. The number of hydrogen-bond acceptors (Lipinski definition) is 4. The minimum Gasteiger partial charge on any atom is -0.496 e. The summed E-state index contributed by atoms with van der Waals surface area (Å²) < 4.78 is 5.14. The van der Waals surface area contributed by atoms with Crippen LogP contribution in [0.15, 0.2) is 24.3 Å². The molecule has 5 heteroatoms. The Kier molecular flexibility index (Phi) is 4.39. The van der Waals surface area contributed by atoms with Crippen LogP contribution in [0.5, 0.6) is 5.75 Å². The Morgan fingerprint density at radius 1 is 1.42 bits per heavy atom. The molecule has 1 aliphatic rings. The van der Waals surface area contributed by atoms with E-state index < -0.39 is 6.10 Å². The molecule has 1 saturated carbocycles. The Morgan fingerprint density at radius 3 is 2.79 bits per heavy atom. The number of carbonyl (C=O) groups is 1. The number of benzene rings is 1. The van der Waals surface area contributed by atoms with Crippen LogP contribution in [-0.4, -0.2) is 42.0 Å². The first kappa shape index (κ1) is 13.8. The number of nitrogens with one attached hydrogen (secondary N) is 1. The average molecular weight is 265 g/mol. The van der Waals surface area contributed by atoms with E-state index in [9.17, 15) is 9.90 Å². The van der Waals surface area contributed by atoms with Crippen LogP contribution in [0.25, 0.3) is 0 Å². The van der Waals surface area contributed by atoms with Gasteiger partial charge in [0.1, 0.15) is 5.75 Å². The van der Waals surface area contributed by atoms with Crippen LogP contribution in [0.4, 0.5) is 0 Å². The summed E-state index contributed by atoms with van der Waals surface area (Å²) in [6, 6.07) is 6.90. The Morgan fingerprint density at radius 2 is 2.16 bits per heavy atom. The zero-order valence-electron chi connectivity index (χ0n) is 10.9. The third-order valence-electron chi connectivity index (χ3n) is 3.58. The molecule has 1 fully saturated rings. The van der Waals surface area contributed by atoms with Crippen molar-refractivity contribution in [2.75, 3.05) is 13.7 Å². The lowest BCUT2D eigenvalue weighted by Gasteiger charge is -2.14. The third-order valence-corrected chi connectivity index (χ3v) is 3.58. The molecule has 1 aromatic carbocycles. The SMILES string of the molecule is COc1ccccc1C(=O)N[C@@H]1C[C@H](CO)[C@H](O)C1. The van der Waals surface area contributed by atoms with E-state index in [1.807, 2.05) is 0 Å². The van der Waals surface area contributed by atoms with Gasteiger partial charge in [-0.25, -0.2) is 0 Å². The topological polar surface area (TPSA) is 78.8 Å². The molecule has 0 bridgehead atoms. The van der Waals surface area contributed by atoms with Gasteiger partial charge in [0.2, 0.25) is 0 Å². The van der Waals surface area contributed by atoms with Gasteiger partial charge in [0.15, 0.2) is 0 Å². The van der Waals surface area contributed by atoms with Gasteiger partial charge >= 0.3 is 0 Å². The second-order valence-corrected chi connectivity index (χ2v) is 4.85. The van der Waals surface area contributed by atoms with Crippen molar-refractivity contribution in [3.8, 4) is 5.75 Å². The van der Waals surface area contributed by atoms with Crippen LogP contribution in [0.2, 0.25) is 0 Å². The van der Waals surface area contributed by atoms with Crippen LogP contribution in [-0.2, 0) is 0 Å². The Bertz CT molecular complexity index is 449. The molecular formula is C14H19NO4. The van der Waals surface area contributed by atoms with Gasteiger partial charge in [0, 0.05) is 18.6 Å². The standard InChI is InChI=1S/C14H19NO4/c1-19-13-5-3-2-4-11(13)14(18)15-10-6-9(8-16)12(17)7-10/h2-5,9-10,12,16-17H,6-8H2,1H3,(H,15,18)/t9-,10-,12-/m1/s1. The van der Waals surface area contributed by atoms with E-state index in [-0.39, 0.29) is 24.5 Å². The molecular weight excluding hydrogens is 246 g/mol. The summed E-state index contributed by atoms with van der Waals surface area (Å²) in [7, 11) is 1.52. The van der Waals surface area contributed by atoms with Crippen molar-refractivity contribution < 1.29 is 19.7 Å². The van der Waals surface area contributed by atoms with Gasteiger partial charge in [-0.15, -0.1) is 0 Å². The summed E-state index contributed by atoms with van der Waals surface area (Å²) in [5, 5.41) is 21.7. The summed E-state index contributed by atoms with van der Waals surface area (Å²) in [6.07, 6.45) is 0.526. The molecule has 1 aromatic rings. The van der Waals surface area contributed by atoms with E-state index in [2.05, 4.69) is 5.32 Å². The van der Waals surface area contributed by atoms with E-state index in [1.165, 1.54) is 7.11 Å². The molecule has 0 spiro atoms. The van der Waals surface area contributed by atoms with Crippen LogP contribution in [0.1, 0.15) is 23.2 Å². The maximum absolute atomic E-state index is 12.1. The molecule has 0 aromatic heterocycles. The number of aliphatic hydroxyl groups is 2. The highest BCUT2D eigenvalue weighted by Gasteiger charge is 2.33. The van der Waals surface area contributed by atoms with Crippen LogP contribution >= 0.6 is 0 Å². The van der Waals surface area contributed by atoms with E-state index >= 15 is 0 Å². The minimum absolute atomic E-state index is 0.0534. The van der Waals surface area contributed by atoms with E-state index in [0.29, 0.717) is 24.2 Å².